The second-order valence-electron chi connectivity index (χ2n) is 7.50. The van der Waals surface area contributed by atoms with Crippen molar-refractivity contribution in [2.45, 2.75) is 31.7 Å². The van der Waals surface area contributed by atoms with Gasteiger partial charge in [-0.15, -0.1) is 0 Å². The van der Waals surface area contributed by atoms with Gasteiger partial charge in [0, 0.05) is 22.7 Å². The van der Waals surface area contributed by atoms with Crippen molar-refractivity contribution in [3.63, 3.8) is 0 Å². The molecule has 1 aliphatic heterocycles. The highest BCUT2D eigenvalue weighted by molar-refractivity contribution is 8.26. The Kier molecular flexibility index (Phi) is 4.42. The van der Waals surface area contributed by atoms with Gasteiger partial charge >= 0.3 is 0 Å². The number of thioether (sulfide) groups is 1. The summed E-state index contributed by atoms with van der Waals surface area (Å²) < 4.78 is 6.61. The summed E-state index contributed by atoms with van der Waals surface area (Å²) in [7, 11) is 0. The predicted molar refractivity (Wildman–Crippen MR) is 113 cm³/mol. The highest BCUT2D eigenvalue weighted by atomic mass is 35.5. The molecule has 5 rings (SSSR count). The first-order valence-electron chi connectivity index (χ1n) is 9.21. The molecule has 0 N–H and O–H groups in total. The van der Waals surface area contributed by atoms with Crippen LogP contribution in [0.3, 0.4) is 0 Å². The molecular weight excluding hydrogens is 398 g/mol. The number of hydrogen-bond donors (Lipinski definition) is 0. The van der Waals surface area contributed by atoms with Crippen LogP contribution in [0, 0.1) is 11.8 Å². The van der Waals surface area contributed by atoms with Crippen LogP contribution in [-0.2, 0) is 4.79 Å². The number of carbonyl (C=O) groups is 1. The Balaban J connectivity index is 1.37. The molecule has 2 aromatic rings. The molecule has 3 nitrogen and oxygen atoms in total. The van der Waals surface area contributed by atoms with Crippen LogP contribution in [0.25, 0.3) is 17.4 Å². The van der Waals surface area contributed by atoms with Crippen LogP contribution in [-0.4, -0.2) is 21.2 Å². The Morgan fingerprint density at radius 1 is 1.15 bits per heavy atom. The van der Waals surface area contributed by atoms with Crippen molar-refractivity contribution >= 4 is 51.9 Å². The summed E-state index contributed by atoms with van der Waals surface area (Å²) in [6.45, 7) is 0. The summed E-state index contributed by atoms with van der Waals surface area (Å²) >= 11 is 12.9. The fourth-order valence-corrected chi connectivity index (χ4v) is 6.10. The fraction of sp³-hybridized carbons (Fsp3) is 0.333. The Bertz CT molecular complexity index is 949. The molecule has 2 bridgehead atoms. The Hall–Kier alpha value is -1.56. The third-order valence-electron chi connectivity index (χ3n) is 5.88. The smallest absolute Gasteiger partial charge is 0.266 e. The fourth-order valence-electron chi connectivity index (χ4n) is 4.62. The molecule has 2 heterocycles. The van der Waals surface area contributed by atoms with E-state index < -0.39 is 0 Å². The van der Waals surface area contributed by atoms with Gasteiger partial charge in [0.2, 0.25) is 0 Å². The Morgan fingerprint density at radius 3 is 2.67 bits per heavy atom. The number of hydrogen-bond acceptors (Lipinski definition) is 4. The van der Waals surface area contributed by atoms with Crippen LogP contribution in [0.2, 0.25) is 5.02 Å². The van der Waals surface area contributed by atoms with Crippen LogP contribution < -0.4 is 0 Å². The van der Waals surface area contributed by atoms with E-state index in [9.17, 15) is 4.79 Å². The van der Waals surface area contributed by atoms with Crippen molar-refractivity contribution in [2.75, 3.05) is 0 Å². The Morgan fingerprint density at radius 2 is 1.96 bits per heavy atom. The van der Waals surface area contributed by atoms with Gasteiger partial charge in [-0.2, -0.15) is 0 Å². The van der Waals surface area contributed by atoms with E-state index in [-0.39, 0.29) is 5.91 Å². The third-order valence-corrected chi connectivity index (χ3v) is 7.47. The second kappa shape index (κ2) is 6.80. The van der Waals surface area contributed by atoms with E-state index in [4.69, 9.17) is 28.2 Å². The van der Waals surface area contributed by atoms with Gasteiger partial charge in [0.15, 0.2) is 0 Å². The minimum Gasteiger partial charge on any atom is -0.457 e. The molecule has 3 aliphatic rings. The van der Waals surface area contributed by atoms with E-state index in [0.29, 0.717) is 32.0 Å². The van der Waals surface area contributed by atoms with Gasteiger partial charge in [0.05, 0.1) is 4.91 Å². The van der Waals surface area contributed by atoms with Gasteiger partial charge in [0.25, 0.3) is 5.91 Å². The van der Waals surface area contributed by atoms with E-state index >= 15 is 0 Å². The molecule has 1 aromatic carbocycles. The van der Waals surface area contributed by atoms with Gasteiger partial charge in [-0.3, -0.25) is 9.69 Å². The summed E-state index contributed by atoms with van der Waals surface area (Å²) in [5.74, 6) is 2.85. The molecule has 2 aliphatic carbocycles. The first-order chi connectivity index (χ1) is 13.1. The standard InChI is InChI=1S/C21H18ClNO2S2/c22-15-5-3-13(4-6-15)18-8-7-16(25-18)11-19-20(24)23(21(26)27-19)17-10-12-1-2-14(17)9-12/h3-8,11-12,14,17H,1-2,9-10H2. The van der Waals surface area contributed by atoms with Crippen LogP contribution in [0.5, 0.6) is 0 Å². The maximum Gasteiger partial charge on any atom is 0.266 e. The maximum atomic E-state index is 13.0. The number of nitrogens with zero attached hydrogens (tertiary/aromatic N) is 1. The zero-order valence-corrected chi connectivity index (χ0v) is 16.9. The van der Waals surface area contributed by atoms with Crippen molar-refractivity contribution in [1.29, 1.82) is 0 Å². The van der Waals surface area contributed by atoms with E-state index in [1.54, 1.807) is 0 Å². The van der Waals surface area contributed by atoms with Crippen LogP contribution in [0.4, 0.5) is 0 Å². The van der Waals surface area contributed by atoms with Crippen LogP contribution >= 0.6 is 35.6 Å². The number of furan rings is 1. The van der Waals surface area contributed by atoms with Crippen molar-refractivity contribution in [1.82, 2.24) is 4.90 Å². The molecule has 1 amide bonds. The lowest BCUT2D eigenvalue weighted by Gasteiger charge is -2.30. The molecule has 3 unspecified atom stereocenters. The van der Waals surface area contributed by atoms with Crippen LogP contribution in [0.15, 0.2) is 45.7 Å². The number of fused-ring (bicyclic) bond motifs is 2. The van der Waals surface area contributed by atoms with E-state index in [0.717, 1.165) is 23.7 Å². The van der Waals surface area contributed by atoms with E-state index in [1.807, 2.05) is 47.4 Å². The van der Waals surface area contributed by atoms with Crippen LogP contribution in [0.1, 0.15) is 31.4 Å². The van der Waals surface area contributed by atoms with E-state index in [1.165, 1.54) is 31.0 Å². The first kappa shape index (κ1) is 17.5. The lowest BCUT2D eigenvalue weighted by atomic mass is 9.94. The summed E-state index contributed by atoms with van der Waals surface area (Å²) in [4.78, 5) is 15.5. The average molecular weight is 416 g/mol. The molecule has 3 atom stereocenters. The second-order valence-corrected chi connectivity index (χ2v) is 9.62. The predicted octanol–water partition coefficient (Wildman–Crippen LogP) is 5.99. The third kappa shape index (κ3) is 3.16. The Labute approximate surface area is 172 Å². The number of amides is 1. The summed E-state index contributed by atoms with van der Waals surface area (Å²) in [6, 6.07) is 11.6. The number of benzene rings is 1. The van der Waals surface area contributed by atoms with Gasteiger partial charge < -0.3 is 4.42 Å². The van der Waals surface area contributed by atoms with Gasteiger partial charge in [-0.05, 0) is 67.5 Å². The number of carbonyl (C=O) groups excluding carboxylic acids is 1. The number of thiocarbonyl (C=S) groups is 1. The number of rotatable bonds is 3. The summed E-state index contributed by atoms with van der Waals surface area (Å²) in [5, 5.41) is 0.690. The normalized spacial score (nSPS) is 28.7. The molecule has 3 fully saturated rings. The minimum atomic E-state index is 0.0343. The SMILES string of the molecule is O=C1C(=Cc2ccc(-c3ccc(Cl)cc3)o2)SC(=S)N1C1CC2CCC1C2. The van der Waals surface area contributed by atoms with Crippen molar-refractivity contribution in [3.8, 4) is 11.3 Å². The number of halogens is 1. The van der Waals surface area contributed by atoms with Gasteiger partial charge in [-0.25, -0.2) is 0 Å². The van der Waals surface area contributed by atoms with Crippen molar-refractivity contribution in [2.24, 2.45) is 11.8 Å². The molecular formula is C21H18ClNO2S2. The first-order valence-corrected chi connectivity index (χ1v) is 10.8. The lowest BCUT2D eigenvalue weighted by molar-refractivity contribution is -0.124. The van der Waals surface area contributed by atoms with Gasteiger partial charge in [-0.1, -0.05) is 42.0 Å². The molecule has 6 heteroatoms. The van der Waals surface area contributed by atoms with Crippen molar-refractivity contribution < 1.29 is 9.21 Å². The molecule has 1 saturated heterocycles. The molecule has 27 heavy (non-hydrogen) atoms. The summed E-state index contributed by atoms with van der Waals surface area (Å²) in [5.41, 5.74) is 0.952. The maximum absolute atomic E-state index is 13.0. The molecule has 138 valence electrons. The van der Waals surface area contributed by atoms with Crippen molar-refractivity contribution in [3.05, 3.63) is 52.1 Å². The average Bonchev–Trinajstić information content (AvgIpc) is 3.42. The molecule has 2 saturated carbocycles. The monoisotopic (exact) mass is 415 g/mol. The zero-order chi connectivity index (χ0) is 18.5. The van der Waals surface area contributed by atoms with Gasteiger partial charge in [0.1, 0.15) is 15.8 Å². The quantitative estimate of drug-likeness (QED) is 0.455. The highest BCUT2D eigenvalue weighted by Gasteiger charge is 2.47. The molecule has 0 radical (unpaired) electrons. The molecule has 1 aromatic heterocycles. The molecule has 0 spiro atoms. The lowest BCUT2D eigenvalue weighted by Crippen LogP contribution is -2.41. The zero-order valence-electron chi connectivity index (χ0n) is 14.6. The summed E-state index contributed by atoms with van der Waals surface area (Å²) in [6.07, 6.45) is 6.71. The topological polar surface area (TPSA) is 33.5 Å². The minimum absolute atomic E-state index is 0.0343. The highest BCUT2D eigenvalue weighted by Crippen LogP contribution is 2.49. The van der Waals surface area contributed by atoms with E-state index in [2.05, 4.69) is 0 Å². The largest absolute Gasteiger partial charge is 0.457 e.